The molecule has 1 aromatic heterocycles. The van der Waals surface area contributed by atoms with Crippen LogP contribution in [-0.2, 0) is 16.1 Å². The van der Waals surface area contributed by atoms with E-state index in [1.807, 2.05) is 0 Å². The Hall–Kier alpha value is -3.29. The van der Waals surface area contributed by atoms with E-state index in [2.05, 4.69) is 16.0 Å². The highest BCUT2D eigenvalue weighted by Crippen LogP contribution is 2.16. The van der Waals surface area contributed by atoms with Crippen LogP contribution in [0.3, 0.4) is 0 Å². The lowest BCUT2D eigenvalue weighted by atomic mass is 10.2. The number of hydrogen-bond donors (Lipinski definition) is 3. The molecule has 1 heterocycles. The second kappa shape index (κ2) is 8.53. The van der Waals surface area contributed by atoms with Crippen molar-refractivity contribution in [3.63, 3.8) is 0 Å². The Bertz CT molecular complexity index is 726. The Morgan fingerprint density at radius 1 is 1.08 bits per heavy atom. The highest BCUT2D eigenvalue weighted by molar-refractivity contribution is 5.93. The normalized spacial score (nSPS) is 10.0. The van der Waals surface area contributed by atoms with Crippen molar-refractivity contribution in [2.75, 3.05) is 23.8 Å². The van der Waals surface area contributed by atoms with Crippen LogP contribution in [0.15, 0.2) is 47.1 Å². The van der Waals surface area contributed by atoms with Crippen LogP contribution in [0, 0.1) is 0 Å². The van der Waals surface area contributed by atoms with Crippen molar-refractivity contribution < 1.29 is 18.8 Å². The number of benzene rings is 1. The number of hydrogen-bond acceptors (Lipinski definition) is 4. The first-order valence-corrected chi connectivity index (χ1v) is 7.64. The van der Waals surface area contributed by atoms with Crippen LogP contribution in [0.5, 0.6) is 0 Å². The summed E-state index contributed by atoms with van der Waals surface area (Å²) in [6, 6.07) is 9.75. The minimum Gasteiger partial charge on any atom is -0.467 e. The highest BCUT2D eigenvalue weighted by Gasteiger charge is 2.08. The zero-order valence-corrected chi connectivity index (χ0v) is 14.0. The third-order valence-electron chi connectivity index (χ3n) is 3.43. The van der Waals surface area contributed by atoms with Crippen LogP contribution in [0.25, 0.3) is 0 Å². The first kappa shape index (κ1) is 18.1. The van der Waals surface area contributed by atoms with Crippen molar-refractivity contribution >= 4 is 29.2 Å². The van der Waals surface area contributed by atoms with Gasteiger partial charge in [-0.05, 0) is 36.4 Å². The molecule has 0 aliphatic rings. The number of nitrogens with zero attached hydrogens (tertiary/aromatic N) is 1. The Kier molecular flexibility index (Phi) is 6.16. The number of amides is 4. The quantitative estimate of drug-likeness (QED) is 0.742. The minimum atomic E-state index is -0.499. The number of carbonyl (C=O) groups is 3. The molecule has 0 spiro atoms. The lowest BCUT2D eigenvalue weighted by Crippen LogP contribution is -2.38. The summed E-state index contributed by atoms with van der Waals surface area (Å²) in [5, 5.41) is 7.69. The maximum atomic E-state index is 11.8. The molecule has 4 amide bonds. The summed E-state index contributed by atoms with van der Waals surface area (Å²) in [6.07, 6.45) is 1.52. The molecule has 2 aromatic rings. The number of rotatable bonds is 6. The number of anilines is 2. The fourth-order valence-corrected chi connectivity index (χ4v) is 1.95. The minimum absolute atomic E-state index is 0.0842. The molecular formula is C17H20N4O4. The molecule has 0 atom stereocenters. The predicted octanol–water partition coefficient (Wildman–Crippen LogP) is 1.70. The molecule has 0 bridgehead atoms. The van der Waals surface area contributed by atoms with Gasteiger partial charge in [0.2, 0.25) is 11.8 Å². The smallest absolute Gasteiger partial charge is 0.319 e. The van der Waals surface area contributed by atoms with Crippen LogP contribution in [0.2, 0.25) is 0 Å². The van der Waals surface area contributed by atoms with E-state index in [9.17, 15) is 14.4 Å². The van der Waals surface area contributed by atoms with Gasteiger partial charge in [0, 0.05) is 25.3 Å². The largest absolute Gasteiger partial charge is 0.467 e. The van der Waals surface area contributed by atoms with Gasteiger partial charge in [0.15, 0.2) is 0 Å². The van der Waals surface area contributed by atoms with Crippen LogP contribution >= 0.6 is 0 Å². The first-order chi connectivity index (χ1) is 12.0. The van der Waals surface area contributed by atoms with Gasteiger partial charge < -0.3 is 25.3 Å². The summed E-state index contributed by atoms with van der Waals surface area (Å²) in [5.41, 5.74) is 1.27. The predicted molar refractivity (Wildman–Crippen MR) is 93.1 cm³/mol. The van der Waals surface area contributed by atoms with Gasteiger partial charge in [-0.3, -0.25) is 9.59 Å². The van der Waals surface area contributed by atoms with Gasteiger partial charge in [0.05, 0.1) is 19.4 Å². The topological polar surface area (TPSA) is 104 Å². The maximum Gasteiger partial charge on any atom is 0.319 e. The van der Waals surface area contributed by atoms with E-state index >= 15 is 0 Å². The lowest BCUT2D eigenvalue weighted by Gasteiger charge is -2.15. The molecule has 8 heteroatoms. The van der Waals surface area contributed by atoms with Gasteiger partial charge in [-0.25, -0.2) is 4.79 Å². The fraction of sp³-hybridized carbons (Fsp3) is 0.235. The standard InChI is InChI=1S/C17H20N4O4/c1-12(22)21(2)14-7-5-13(6-8-14)20-17(24)19-11-16(23)18-10-15-4-3-9-25-15/h3-9H,10-11H2,1-2H3,(H,18,23)(H2,19,20,24). The van der Waals surface area contributed by atoms with Gasteiger partial charge in [-0.15, -0.1) is 0 Å². The van der Waals surface area contributed by atoms with Crippen molar-refractivity contribution in [1.82, 2.24) is 10.6 Å². The molecule has 0 radical (unpaired) electrons. The summed E-state index contributed by atoms with van der Waals surface area (Å²) < 4.78 is 5.09. The van der Waals surface area contributed by atoms with Crippen molar-refractivity contribution in [2.45, 2.75) is 13.5 Å². The van der Waals surface area contributed by atoms with E-state index in [1.165, 1.54) is 18.1 Å². The lowest BCUT2D eigenvalue weighted by molar-refractivity contribution is -0.120. The van der Waals surface area contributed by atoms with Gasteiger partial charge in [-0.1, -0.05) is 0 Å². The first-order valence-electron chi connectivity index (χ1n) is 7.64. The molecule has 3 N–H and O–H groups in total. The summed E-state index contributed by atoms with van der Waals surface area (Å²) in [4.78, 5) is 36.2. The Labute approximate surface area is 145 Å². The highest BCUT2D eigenvalue weighted by atomic mass is 16.3. The van der Waals surface area contributed by atoms with Crippen LogP contribution < -0.4 is 20.9 Å². The Morgan fingerprint density at radius 3 is 2.40 bits per heavy atom. The molecule has 8 nitrogen and oxygen atoms in total. The SMILES string of the molecule is CC(=O)N(C)c1ccc(NC(=O)NCC(=O)NCc2ccco2)cc1. The summed E-state index contributed by atoms with van der Waals surface area (Å²) >= 11 is 0. The average Bonchev–Trinajstić information content (AvgIpc) is 3.11. The van der Waals surface area contributed by atoms with Gasteiger partial charge in [0.1, 0.15) is 5.76 Å². The van der Waals surface area contributed by atoms with E-state index in [0.29, 0.717) is 11.4 Å². The zero-order valence-electron chi connectivity index (χ0n) is 14.0. The molecule has 1 aromatic carbocycles. The van der Waals surface area contributed by atoms with Crippen LogP contribution in [0.1, 0.15) is 12.7 Å². The molecule has 0 fully saturated rings. The van der Waals surface area contributed by atoms with Crippen LogP contribution in [-0.4, -0.2) is 31.4 Å². The molecule has 0 unspecified atom stereocenters. The number of urea groups is 1. The van der Waals surface area contributed by atoms with E-state index in [-0.39, 0.29) is 24.9 Å². The second-order valence-corrected chi connectivity index (χ2v) is 5.29. The second-order valence-electron chi connectivity index (χ2n) is 5.29. The molecular weight excluding hydrogens is 324 g/mol. The molecule has 25 heavy (non-hydrogen) atoms. The molecule has 2 rings (SSSR count). The van der Waals surface area contributed by atoms with Crippen molar-refractivity contribution in [1.29, 1.82) is 0 Å². The van der Waals surface area contributed by atoms with Crippen molar-refractivity contribution in [2.24, 2.45) is 0 Å². The van der Waals surface area contributed by atoms with Gasteiger partial charge in [0.25, 0.3) is 0 Å². The third kappa shape index (κ3) is 5.69. The van der Waals surface area contributed by atoms with Crippen LogP contribution in [0.4, 0.5) is 16.2 Å². The molecule has 0 aliphatic heterocycles. The summed E-state index contributed by atoms with van der Waals surface area (Å²) in [6.45, 7) is 1.58. The van der Waals surface area contributed by atoms with Crippen molar-refractivity contribution in [3.8, 4) is 0 Å². The third-order valence-corrected chi connectivity index (χ3v) is 3.43. The van der Waals surface area contributed by atoms with E-state index < -0.39 is 6.03 Å². The maximum absolute atomic E-state index is 11.8. The van der Waals surface area contributed by atoms with Crippen molar-refractivity contribution in [3.05, 3.63) is 48.4 Å². The number of furan rings is 1. The molecule has 0 saturated carbocycles. The van der Waals surface area contributed by atoms with E-state index in [4.69, 9.17) is 4.42 Å². The fourth-order valence-electron chi connectivity index (χ4n) is 1.95. The monoisotopic (exact) mass is 344 g/mol. The summed E-state index contributed by atoms with van der Waals surface area (Å²) in [5.74, 6) is 0.220. The molecule has 0 aliphatic carbocycles. The average molecular weight is 344 g/mol. The molecule has 0 saturated heterocycles. The summed E-state index contributed by atoms with van der Waals surface area (Å²) in [7, 11) is 1.67. The zero-order chi connectivity index (χ0) is 18.2. The van der Waals surface area contributed by atoms with E-state index in [1.54, 1.807) is 43.4 Å². The number of carbonyl (C=O) groups excluding carboxylic acids is 3. The van der Waals surface area contributed by atoms with Gasteiger partial charge >= 0.3 is 6.03 Å². The molecule has 132 valence electrons. The van der Waals surface area contributed by atoms with Gasteiger partial charge in [-0.2, -0.15) is 0 Å². The number of nitrogens with one attached hydrogen (secondary N) is 3. The van der Waals surface area contributed by atoms with E-state index in [0.717, 1.165) is 5.69 Å². The Balaban J connectivity index is 1.74. The Morgan fingerprint density at radius 2 is 1.80 bits per heavy atom.